The van der Waals surface area contributed by atoms with E-state index in [1.54, 1.807) is 0 Å². The Hall–Kier alpha value is -2.58. The van der Waals surface area contributed by atoms with Crippen LogP contribution in [0.1, 0.15) is 43.5 Å². The van der Waals surface area contributed by atoms with Gasteiger partial charge in [0.1, 0.15) is 11.6 Å². The zero-order valence-corrected chi connectivity index (χ0v) is 13.7. The normalized spacial score (nSPS) is 12.3. The highest BCUT2D eigenvalue weighted by atomic mass is 19.3. The van der Waals surface area contributed by atoms with Gasteiger partial charge in [-0.2, -0.15) is 5.10 Å². The second kappa shape index (κ2) is 8.00. The monoisotopic (exact) mass is 358 g/mol. The minimum Gasteiger partial charge on any atom is -0.331 e. The zero-order valence-electron chi connectivity index (χ0n) is 13.7. The summed E-state index contributed by atoms with van der Waals surface area (Å²) < 4.78 is 54.3. The van der Waals surface area contributed by atoms with Crippen molar-refractivity contribution in [3.05, 3.63) is 47.3 Å². The van der Waals surface area contributed by atoms with Gasteiger partial charge >= 0.3 is 6.03 Å². The Morgan fingerprint density at radius 2 is 2.04 bits per heavy atom. The summed E-state index contributed by atoms with van der Waals surface area (Å²) in [5.41, 5.74) is -0.719. The molecule has 1 unspecified atom stereocenters. The predicted octanol–water partition coefficient (Wildman–Crippen LogP) is 4.30. The van der Waals surface area contributed by atoms with Crippen LogP contribution in [0.2, 0.25) is 0 Å². The number of hydrogen-bond acceptors (Lipinski definition) is 2. The molecule has 136 valence electrons. The van der Waals surface area contributed by atoms with Gasteiger partial charge in [0.25, 0.3) is 6.43 Å². The van der Waals surface area contributed by atoms with Crippen molar-refractivity contribution in [3.63, 3.8) is 0 Å². The summed E-state index contributed by atoms with van der Waals surface area (Å²) in [6.45, 7) is 1.82. The maximum absolute atomic E-state index is 13.9. The van der Waals surface area contributed by atoms with Crippen molar-refractivity contribution in [3.8, 4) is 0 Å². The maximum atomic E-state index is 13.9. The summed E-state index contributed by atoms with van der Waals surface area (Å²) in [6.07, 6.45) is -0.680. The molecule has 2 aromatic rings. The Morgan fingerprint density at radius 1 is 1.32 bits per heavy atom. The highest BCUT2D eigenvalue weighted by Crippen LogP contribution is 2.26. The number of halogens is 4. The molecular weight excluding hydrogens is 340 g/mol. The predicted molar refractivity (Wildman–Crippen MR) is 84.3 cm³/mol. The molecule has 25 heavy (non-hydrogen) atoms. The van der Waals surface area contributed by atoms with E-state index in [0.29, 0.717) is 12.8 Å². The number of anilines is 1. The molecule has 0 spiro atoms. The molecule has 0 radical (unpaired) electrons. The van der Waals surface area contributed by atoms with E-state index in [9.17, 15) is 22.4 Å². The van der Waals surface area contributed by atoms with Crippen molar-refractivity contribution in [2.45, 2.75) is 32.2 Å². The van der Waals surface area contributed by atoms with Crippen molar-refractivity contribution < 1.29 is 22.4 Å². The van der Waals surface area contributed by atoms with E-state index in [0.717, 1.165) is 22.9 Å². The average Bonchev–Trinajstić information content (AvgIpc) is 2.90. The summed E-state index contributed by atoms with van der Waals surface area (Å²) in [6, 6.07) is 1.35. The van der Waals surface area contributed by atoms with Gasteiger partial charge in [-0.05, 0) is 24.6 Å². The van der Waals surface area contributed by atoms with E-state index in [2.05, 4.69) is 15.7 Å². The first-order valence-electron chi connectivity index (χ1n) is 7.66. The summed E-state index contributed by atoms with van der Waals surface area (Å²) in [5, 5.41) is 8.34. The number of nitrogens with zero attached hydrogens (tertiary/aromatic N) is 2. The molecule has 2 amide bonds. The topological polar surface area (TPSA) is 59.0 Å². The number of rotatable bonds is 6. The maximum Gasteiger partial charge on any atom is 0.319 e. The summed E-state index contributed by atoms with van der Waals surface area (Å²) >= 11 is 0. The molecule has 5 nitrogen and oxygen atoms in total. The fourth-order valence-corrected chi connectivity index (χ4v) is 2.46. The number of aromatic nitrogens is 2. The van der Waals surface area contributed by atoms with Crippen LogP contribution in [0, 0.1) is 11.6 Å². The van der Waals surface area contributed by atoms with Crippen LogP contribution in [-0.2, 0) is 7.05 Å². The smallest absolute Gasteiger partial charge is 0.319 e. The minimum absolute atomic E-state index is 0.00253. The fourth-order valence-electron chi connectivity index (χ4n) is 2.46. The van der Waals surface area contributed by atoms with E-state index < -0.39 is 35.8 Å². The van der Waals surface area contributed by atoms with Crippen LogP contribution in [0.5, 0.6) is 0 Å². The molecule has 0 aliphatic rings. The van der Waals surface area contributed by atoms with Gasteiger partial charge < -0.3 is 10.6 Å². The Morgan fingerprint density at radius 3 is 2.68 bits per heavy atom. The van der Waals surface area contributed by atoms with Gasteiger partial charge in [-0.15, -0.1) is 0 Å². The Kier molecular flexibility index (Phi) is 6.00. The first kappa shape index (κ1) is 18.8. The third-order valence-electron chi connectivity index (χ3n) is 3.53. The molecule has 1 aromatic carbocycles. The van der Waals surface area contributed by atoms with Gasteiger partial charge in [-0.25, -0.2) is 22.4 Å². The quantitative estimate of drug-likeness (QED) is 0.757. The van der Waals surface area contributed by atoms with E-state index in [-0.39, 0.29) is 11.3 Å². The van der Waals surface area contributed by atoms with Gasteiger partial charge in [0.15, 0.2) is 5.69 Å². The summed E-state index contributed by atoms with van der Waals surface area (Å²) in [5.74, 6) is -1.29. The van der Waals surface area contributed by atoms with Gasteiger partial charge in [0.2, 0.25) is 0 Å². The molecule has 0 saturated carbocycles. The summed E-state index contributed by atoms with van der Waals surface area (Å²) in [7, 11) is 1.44. The van der Waals surface area contributed by atoms with E-state index >= 15 is 0 Å². The average molecular weight is 358 g/mol. The van der Waals surface area contributed by atoms with E-state index in [4.69, 9.17) is 0 Å². The second-order valence-corrected chi connectivity index (χ2v) is 5.51. The number of amides is 2. The first-order chi connectivity index (χ1) is 11.8. The van der Waals surface area contributed by atoms with Gasteiger partial charge in [-0.1, -0.05) is 13.3 Å². The van der Waals surface area contributed by atoms with Crippen LogP contribution in [0.4, 0.5) is 28.0 Å². The van der Waals surface area contributed by atoms with Crippen LogP contribution in [0.25, 0.3) is 0 Å². The van der Waals surface area contributed by atoms with E-state index in [1.165, 1.54) is 13.2 Å². The van der Waals surface area contributed by atoms with Crippen LogP contribution in [0.15, 0.2) is 24.4 Å². The number of hydrogen-bond donors (Lipinski definition) is 2. The molecule has 2 N–H and O–H groups in total. The Balaban J connectivity index is 2.17. The van der Waals surface area contributed by atoms with Crippen molar-refractivity contribution >= 4 is 11.7 Å². The first-order valence-corrected chi connectivity index (χ1v) is 7.66. The van der Waals surface area contributed by atoms with Crippen molar-refractivity contribution in [1.82, 2.24) is 15.1 Å². The summed E-state index contributed by atoms with van der Waals surface area (Å²) in [4.78, 5) is 12.1. The van der Waals surface area contributed by atoms with Gasteiger partial charge in [-0.3, -0.25) is 4.68 Å². The highest BCUT2D eigenvalue weighted by Gasteiger charge is 2.22. The molecule has 0 saturated heterocycles. The molecule has 0 bridgehead atoms. The SMILES string of the molecule is CCCC(NC(=O)Nc1cn(C)nc1C(F)F)c1cc(F)ccc1F. The molecule has 1 heterocycles. The number of alkyl halides is 2. The van der Waals surface area contributed by atoms with Gasteiger partial charge in [0, 0.05) is 18.8 Å². The van der Waals surface area contributed by atoms with Crippen molar-refractivity contribution in [1.29, 1.82) is 0 Å². The largest absolute Gasteiger partial charge is 0.331 e. The molecule has 2 rings (SSSR count). The number of nitrogens with one attached hydrogen (secondary N) is 2. The third-order valence-corrected chi connectivity index (χ3v) is 3.53. The Bertz CT molecular complexity index is 748. The second-order valence-electron chi connectivity index (χ2n) is 5.51. The Labute approximate surface area is 142 Å². The lowest BCUT2D eigenvalue weighted by Gasteiger charge is -2.19. The van der Waals surface area contributed by atoms with Crippen molar-refractivity contribution in [2.24, 2.45) is 7.05 Å². The number of carbonyl (C=O) groups excluding carboxylic acids is 1. The molecule has 0 aliphatic heterocycles. The molecule has 0 fully saturated rings. The molecule has 1 aromatic heterocycles. The molecule has 1 atom stereocenters. The molecule has 0 aliphatic carbocycles. The third kappa shape index (κ3) is 4.71. The molecule has 9 heteroatoms. The highest BCUT2D eigenvalue weighted by molar-refractivity contribution is 5.90. The van der Waals surface area contributed by atoms with Crippen LogP contribution in [0.3, 0.4) is 0 Å². The standard InChI is InChI=1S/C16H18F4N4O/c1-3-4-12(10-7-9(17)5-6-11(10)18)21-16(25)22-13-8-24(2)23-14(13)15(19)20/h5-8,12,15H,3-4H2,1-2H3,(H2,21,22,25). The number of benzene rings is 1. The number of aryl methyl sites for hydroxylation is 1. The number of carbonyl (C=O) groups is 1. The van der Waals surface area contributed by atoms with E-state index in [1.807, 2.05) is 6.92 Å². The minimum atomic E-state index is -2.86. The fraction of sp³-hybridized carbons (Fsp3) is 0.375. The lowest BCUT2D eigenvalue weighted by atomic mass is 10.0. The van der Waals surface area contributed by atoms with Crippen LogP contribution < -0.4 is 10.6 Å². The lowest BCUT2D eigenvalue weighted by molar-refractivity contribution is 0.146. The van der Waals surface area contributed by atoms with Gasteiger partial charge in [0.05, 0.1) is 11.7 Å². The molecular formula is C16H18F4N4O. The van der Waals surface area contributed by atoms with Crippen LogP contribution >= 0.6 is 0 Å². The lowest BCUT2D eigenvalue weighted by Crippen LogP contribution is -2.33. The zero-order chi connectivity index (χ0) is 18.6. The number of urea groups is 1. The van der Waals surface area contributed by atoms with Crippen molar-refractivity contribution in [2.75, 3.05) is 5.32 Å². The van der Waals surface area contributed by atoms with Crippen LogP contribution in [-0.4, -0.2) is 15.8 Å².